The van der Waals surface area contributed by atoms with Gasteiger partial charge in [0.15, 0.2) is 0 Å². The molecule has 0 saturated heterocycles. The molecular formula is C23H22. The van der Waals surface area contributed by atoms with Crippen LogP contribution in [0.25, 0.3) is 22.3 Å². The Morgan fingerprint density at radius 2 is 1.22 bits per heavy atom. The van der Waals surface area contributed by atoms with Crippen LogP contribution in [0.15, 0.2) is 48.5 Å². The first-order valence-electron chi connectivity index (χ1n) is 8.34. The predicted molar refractivity (Wildman–Crippen MR) is 99.1 cm³/mol. The van der Waals surface area contributed by atoms with Crippen LogP contribution in [-0.4, -0.2) is 0 Å². The van der Waals surface area contributed by atoms with Gasteiger partial charge in [-0.25, -0.2) is 0 Å². The monoisotopic (exact) mass is 298 g/mol. The van der Waals surface area contributed by atoms with E-state index in [1.54, 1.807) is 0 Å². The van der Waals surface area contributed by atoms with E-state index in [9.17, 15) is 0 Å². The standard InChI is InChI=1S/C23H22/c1-14-5-7-22-20(9-14)13-21-12-18(6-8-23(21)22)19-10-15(2)17(4)16(3)11-19/h5-12H,13H2,1-4H3. The average Bonchev–Trinajstić information content (AvgIpc) is 2.88. The van der Waals surface area contributed by atoms with Gasteiger partial charge in [-0.05, 0) is 84.2 Å². The van der Waals surface area contributed by atoms with Gasteiger partial charge < -0.3 is 0 Å². The van der Waals surface area contributed by atoms with Gasteiger partial charge in [0.25, 0.3) is 0 Å². The van der Waals surface area contributed by atoms with Crippen molar-refractivity contribution in [3.63, 3.8) is 0 Å². The second-order valence-electron chi connectivity index (χ2n) is 6.94. The lowest BCUT2D eigenvalue weighted by Crippen LogP contribution is -1.90. The fraction of sp³-hybridized carbons (Fsp3) is 0.217. The van der Waals surface area contributed by atoms with Crippen molar-refractivity contribution < 1.29 is 0 Å². The van der Waals surface area contributed by atoms with Crippen molar-refractivity contribution in [2.75, 3.05) is 0 Å². The summed E-state index contributed by atoms with van der Waals surface area (Å²) in [6.45, 7) is 8.79. The molecule has 0 amide bonds. The minimum Gasteiger partial charge on any atom is -0.0587 e. The molecule has 0 aliphatic heterocycles. The molecule has 1 aliphatic rings. The lowest BCUT2D eigenvalue weighted by molar-refractivity contribution is 1.24. The van der Waals surface area contributed by atoms with Crippen molar-refractivity contribution in [2.45, 2.75) is 34.1 Å². The molecule has 0 aromatic heterocycles. The van der Waals surface area contributed by atoms with Gasteiger partial charge in [0.1, 0.15) is 0 Å². The third-order valence-electron chi connectivity index (χ3n) is 5.30. The van der Waals surface area contributed by atoms with E-state index in [1.807, 2.05) is 0 Å². The van der Waals surface area contributed by atoms with E-state index in [-0.39, 0.29) is 0 Å². The zero-order chi connectivity index (χ0) is 16.1. The van der Waals surface area contributed by atoms with Crippen LogP contribution in [0.3, 0.4) is 0 Å². The maximum atomic E-state index is 2.38. The van der Waals surface area contributed by atoms with E-state index >= 15 is 0 Å². The molecule has 23 heavy (non-hydrogen) atoms. The summed E-state index contributed by atoms with van der Waals surface area (Å²) in [7, 11) is 0. The van der Waals surface area contributed by atoms with E-state index in [2.05, 4.69) is 76.2 Å². The molecule has 0 saturated carbocycles. The Hall–Kier alpha value is -2.34. The van der Waals surface area contributed by atoms with E-state index in [0.29, 0.717) is 0 Å². The summed E-state index contributed by atoms with van der Waals surface area (Å²) >= 11 is 0. The van der Waals surface area contributed by atoms with Crippen molar-refractivity contribution >= 4 is 0 Å². The largest absolute Gasteiger partial charge is 0.0587 e. The second kappa shape index (κ2) is 5.09. The van der Waals surface area contributed by atoms with Crippen LogP contribution >= 0.6 is 0 Å². The summed E-state index contributed by atoms with van der Waals surface area (Å²) in [5.74, 6) is 0. The molecule has 0 heterocycles. The zero-order valence-electron chi connectivity index (χ0n) is 14.3. The summed E-state index contributed by atoms with van der Waals surface area (Å²) in [5.41, 5.74) is 13.9. The molecule has 3 aromatic rings. The molecule has 0 unspecified atom stereocenters. The highest BCUT2D eigenvalue weighted by Gasteiger charge is 2.18. The Morgan fingerprint density at radius 3 is 1.91 bits per heavy atom. The van der Waals surface area contributed by atoms with Gasteiger partial charge in [0, 0.05) is 0 Å². The van der Waals surface area contributed by atoms with Crippen molar-refractivity contribution in [1.82, 2.24) is 0 Å². The van der Waals surface area contributed by atoms with Crippen molar-refractivity contribution in [1.29, 1.82) is 0 Å². The first kappa shape index (κ1) is 14.3. The van der Waals surface area contributed by atoms with Gasteiger partial charge >= 0.3 is 0 Å². The normalized spacial score (nSPS) is 12.2. The Balaban J connectivity index is 1.81. The van der Waals surface area contributed by atoms with Gasteiger partial charge in [-0.2, -0.15) is 0 Å². The molecule has 0 bridgehead atoms. The molecule has 1 aliphatic carbocycles. The van der Waals surface area contributed by atoms with Crippen LogP contribution in [-0.2, 0) is 6.42 Å². The number of fused-ring (bicyclic) bond motifs is 3. The van der Waals surface area contributed by atoms with Gasteiger partial charge in [-0.1, -0.05) is 54.1 Å². The first-order chi connectivity index (χ1) is 11.0. The van der Waals surface area contributed by atoms with Crippen LogP contribution in [0.1, 0.15) is 33.4 Å². The highest BCUT2D eigenvalue weighted by atomic mass is 14.2. The van der Waals surface area contributed by atoms with Gasteiger partial charge in [-0.3, -0.25) is 0 Å². The minimum absolute atomic E-state index is 1.06. The second-order valence-corrected chi connectivity index (χ2v) is 6.94. The maximum Gasteiger partial charge on any atom is -0.00131 e. The van der Waals surface area contributed by atoms with Crippen LogP contribution < -0.4 is 0 Å². The summed E-state index contributed by atoms with van der Waals surface area (Å²) in [6, 6.07) is 18.4. The molecule has 0 radical (unpaired) electrons. The van der Waals surface area contributed by atoms with E-state index in [1.165, 1.54) is 55.6 Å². The zero-order valence-corrected chi connectivity index (χ0v) is 14.3. The topological polar surface area (TPSA) is 0 Å². The molecule has 0 spiro atoms. The lowest BCUT2D eigenvalue weighted by atomic mass is 9.94. The number of hydrogen-bond acceptors (Lipinski definition) is 0. The van der Waals surface area contributed by atoms with Crippen LogP contribution in [0.4, 0.5) is 0 Å². The fourth-order valence-electron chi connectivity index (χ4n) is 3.72. The molecule has 0 fully saturated rings. The Kier molecular flexibility index (Phi) is 3.16. The van der Waals surface area contributed by atoms with Crippen molar-refractivity contribution in [3.05, 3.63) is 81.9 Å². The molecule has 0 N–H and O–H groups in total. The molecular weight excluding hydrogens is 276 g/mol. The highest BCUT2D eigenvalue weighted by molar-refractivity contribution is 5.80. The van der Waals surface area contributed by atoms with Gasteiger partial charge in [0.2, 0.25) is 0 Å². The quantitative estimate of drug-likeness (QED) is 0.395. The SMILES string of the molecule is Cc1ccc2c(c1)Cc1cc(-c3cc(C)c(C)c(C)c3)ccc1-2. The first-order valence-corrected chi connectivity index (χ1v) is 8.34. The summed E-state index contributed by atoms with van der Waals surface area (Å²) in [5, 5.41) is 0. The number of hydrogen-bond donors (Lipinski definition) is 0. The minimum atomic E-state index is 1.06. The molecule has 114 valence electrons. The smallest absolute Gasteiger partial charge is 0.00131 e. The van der Waals surface area contributed by atoms with Gasteiger partial charge in [-0.15, -0.1) is 0 Å². The molecule has 0 atom stereocenters. The Bertz CT molecular complexity index is 906. The van der Waals surface area contributed by atoms with E-state index in [4.69, 9.17) is 0 Å². The number of benzene rings is 3. The lowest BCUT2D eigenvalue weighted by Gasteiger charge is -2.11. The molecule has 0 nitrogen and oxygen atoms in total. The number of aryl methyl sites for hydroxylation is 3. The van der Waals surface area contributed by atoms with Crippen molar-refractivity contribution in [2.24, 2.45) is 0 Å². The maximum absolute atomic E-state index is 2.38. The van der Waals surface area contributed by atoms with Crippen LogP contribution in [0.2, 0.25) is 0 Å². The van der Waals surface area contributed by atoms with E-state index in [0.717, 1.165) is 6.42 Å². The third kappa shape index (κ3) is 2.30. The van der Waals surface area contributed by atoms with Crippen molar-refractivity contribution in [3.8, 4) is 22.3 Å². The highest BCUT2D eigenvalue weighted by Crippen LogP contribution is 2.39. The third-order valence-corrected chi connectivity index (χ3v) is 5.30. The van der Waals surface area contributed by atoms with Gasteiger partial charge in [0.05, 0.1) is 0 Å². The average molecular weight is 298 g/mol. The van der Waals surface area contributed by atoms with Crippen LogP contribution in [0.5, 0.6) is 0 Å². The van der Waals surface area contributed by atoms with E-state index < -0.39 is 0 Å². The Morgan fingerprint density at radius 1 is 0.609 bits per heavy atom. The summed E-state index contributed by atoms with van der Waals surface area (Å²) in [6.07, 6.45) is 1.06. The predicted octanol–water partition coefficient (Wildman–Crippen LogP) is 6.16. The Labute approximate surface area is 138 Å². The molecule has 3 aromatic carbocycles. The molecule has 0 heteroatoms. The fourth-order valence-corrected chi connectivity index (χ4v) is 3.72. The summed E-state index contributed by atoms with van der Waals surface area (Å²) in [4.78, 5) is 0. The summed E-state index contributed by atoms with van der Waals surface area (Å²) < 4.78 is 0. The number of rotatable bonds is 1. The molecule has 4 rings (SSSR count). The van der Waals surface area contributed by atoms with Crippen LogP contribution in [0, 0.1) is 27.7 Å².